The van der Waals surface area contributed by atoms with Gasteiger partial charge in [0.15, 0.2) is 5.78 Å². The van der Waals surface area contributed by atoms with Gasteiger partial charge in [-0.05, 0) is 56.0 Å². The molecular weight excluding hydrogens is 472 g/mol. The number of ketones is 2. The van der Waals surface area contributed by atoms with Crippen LogP contribution in [0.25, 0.3) is 0 Å². The van der Waals surface area contributed by atoms with Crippen molar-refractivity contribution in [2.75, 3.05) is 0 Å². The van der Waals surface area contributed by atoms with E-state index in [2.05, 4.69) is 0 Å². The lowest BCUT2D eigenvalue weighted by atomic mass is 10.1. The molecule has 0 radical (unpaired) electrons. The molecule has 1 unspecified atom stereocenters. The van der Waals surface area contributed by atoms with E-state index in [4.69, 9.17) is 9.47 Å². The van der Waals surface area contributed by atoms with E-state index in [0.29, 0.717) is 50.4 Å². The molecule has 1 fully saturated rings. The molecule has 2 aromatic carbocycles. The van der Waals surface area contributed by atoms with E-state index >= 15 is 0 Å². The number of rotatable bonds is 4. The van der Waals surface area contributed by atoms with E-state index in [1.807, 2.05) is 45.0 Å². The summed E-state index contributed by atoms with van der Waals surface area (Å²) in [5.41, 5.74) is 3.88. The molecule has 1 aliphatic carbocycles. The van der Waals surface area contributed by atoms with Crippen molar-refractivity contribution in [3.8, 4) is 5.75 Å². The Balaban J connectivity index is 1.26. The minimum absolute atomic E-state index is 0.0481. The summed E-state index contributed by atoms with van der Waals surface area (Å²) < 4.78 is 11.7. The van der Waals surface area contributed by atoms with Crippen molar-refractivity contribution in [2.24, 2.45) is 0 Å². The molecule has 0 aromatic heterocycles. The molecule has 2 aliphatic heterocycles. The number of hydrogen-bond donors (Lipinski definition) is 0. The van der Waals surface area contributed by atoms with Gasteiger partial charge in [0.2, 0.25) is 0 Å². The molecule has 3 aliphatic rings. The number of nitrogens with zero attached hydrogens (tertiary/aromatic N) is 2. The van der Waals surface area contributed by atoms with Gasteiger partial charge in [-0.2, -0.15) is 0 Å². The van der Waals surface area contributed by atoms with Gasteiger partial charge in [0.1, 0.15) is 23.7 Å². The van der Waals surface area contributed by atoms with Crippen LogP contribution in [-0.2, 0) is 40.6 Å². The maximum atomic E-state index is 13.2. The number of hydrogen-bond acceptors (Lipinski definition) is 6. The summed E-state index contributed by atoms with van der Waals surface area (Å²) >= 11 is 0. The highest BCUT2D eigenvalue weighted by Crippen LogP contribution is 2.35. The summed E-state index contributed by atoms with van der Waals surface area (Å²) in [7, 11) is 0. The topological polar surface area (TPSA) is 93.2 Å². The predicted octanol–water partition coefficient (Wildman–Crippen LogP) is 4.55. The van der Waals surface area contributed by atoms with E-state index in [1.165, 1.54) is 0 Å². The van der Waals surface area contributed by atoms with Crippen LogP contribution < -0.4 is 4.74 Å². The second kappa shape index (κ2) is 9.65. The van der Waals surface area contributed by atoms with Crippen LogP contribution in [0.2, 0.25) is 0 Å². The highest BCUT2D eigenvalue weighted by atomic mass is 16.6. The normalized spacial score (nSPS) is 19.5. The first-order chi connectivity index (χ1) is 17.6. The van der Waals surface area contributed by atoms with Gasteiger partial charge < -0.3 is 14.4 Å². The molecule has 1 atom stereocenters. The van der Waals surface area contributed by atoms with Crippen LogP contribution in [-0.4, -0.2) is 45.0 Å². The second-order valence-corrected chi connectivity index (χ2v) is 11.0. The van der Waals surface area contributed by atoms with Crippen LogP contribution >= 0.6 is 0 Å². The zero-order valence-electron chi connectivity index (χ0n) is 21.5. The molecule has 2 heterocycles. The lowest BCUT2D eigenvalue weighted by molar-refractivity contribution is -0.124. The minimum Gasteiger partial charge on any atom is -0.489 e. The van der Waals surface area contributed by atoms with Crippen LogP contribution in [0.5, 0.6) is 5.75 Å². The summed E-state index contributed by atoms with van der Waals surface area (Å²) in [5.74, 6) is 0.454. The van der Waals surface area contributed by atoms with E-state index in [9.17, 15) is 19.2 Å². The molecule has 8 heteroatoms. The zero-order chi connectivity index (χ0) is 26.3. The molecule has 194 valence electrons. The van der Waals surface area contributed by atoms with Crippen molar-refractivity contribution in [3.05, 3.63) is 64.2 Å². The smallest absolute Gasteiger partial charge is 0.410 e. The fraction of sp³-hybridized carbons (Fsp3) is 0.448. The molecule has 1 saturated carbocycles. The summed E-state index contributed by atoms with van der Waals surface area (Å²) in [6.07, 6.45) is 0.824. The fourth-order valence-corrected chi connectivity index (χ4v) is 5.21. The molecule has 0 N–H and O–H groups in total. The molecule has 2 aromatic rings. The van der Waals surface area contributed by atoms with Gasteiger partial charge in [-0.25, -0.2) is 4.79 Å². The molecule has 0 bridgehead atoms. The summed E-state index contributed by atoms with van der Waals surface area (Å²) in [4.78, 5) is 53.4. The molecule has 37 heavy (non-hydrogen) atoms. The van der Waals surface area contributed by atoms with E-state index in [-0.39, 0.29) is 36.4 Å². The lowest BCUT2D eigenvalue weighted by Crippen LogP contribution is -2.40. The Morgan fingerprint density at radius 1 is 0.973 bits per heavy atom. The lowest BCUT2D eigenvalue weighted by Gasteiger charge is -2.25. The first-order valence-electron chi connectivity index (χ1n) is 12.8. The van der Waals surface area contributed by atoms with Crippen LogP contribution in [0.4, 0.5) is 4.79 Å². The van der Waals surface area contributed by atoms with Gasteiger partial charge in [0.25, 0.3) is 5.91 Å². The number of Topliss-reactive ketones (excluding diaryl/α,β-unsaturated/α-hetero) is 2. The van der Waals surface area contributed by atoms with E-state index < -0.39 is 11.6 Å². The Morgan fingerprint density at radius 3 is 2.54 bits per heavy atom. The number of fused-ring (bicyclic) bond motifs is 2. The van der Waals surface area contributed by atoms with E-state index in [1.54, 1.807) is 21.9 Å². The Bertz CT molecular complexity index is 1280. The van der Waals surface area contributed by atoms with Crippen molar-refractivity contribution in [1.29, 1.82) is 0 Å². The number of benzene rings is 2. The number of carbonyl (C=O) groups excluding carboxylic acids is 4. The number of carbonyl (C=O) groups is 4. The molecule has 0 spiro atoms. The number of ether oxygens (including phenoxy) is 2. The van der Waals surface area contributed by atoms with Crippen molar-refractivity contribution in [1.82, 2.24) is 9.80 Å². The Morgan fingerprint density at radius 2 is 1.76 bits per heavy atom. The SMILES string of the molecule is CC(C)(C)OC(=O)N1Cc2ccc(COc3cccc4c3CN(C3CCC(=O)CCC3=O)C4=O)cc2C1. The molecular formula is C29H32N2O6. The van der Waals surface area contributed by atoms with Crippen molar-refractivity contribution in [3.63, 3.8) is 0 Å². The van der Waals surface area contributed by atoms with Gasteiger partial charge in [-0.3, -0.25) is 19.3 Å². The van der Waals surface area contributed by atoms with Crippen molar-refractivity contribution >= 4 is 23.6 Å². The van der Waals surface area contributed by atoms with Crippen LogP contribution in [0.3, 0.4) is 0 Å². The largest absolute Gasteiger partial charge is 0.489 e. The highest BCUT2D eigenvalue weighted by Gasteiger charge is 2.38. The van der Waals surface area contributed by atoms with Gasteiger partial charge in [0, 0.05) is 43.5 Å². The van der Waals surface area contributed by atoms with Gasteiger partial charge in [-0.1, -0.05) is 24.3 Å². The van der Waals surface area contributed by atoms with Crippen molar-refractivity contribution < 1.29 is 28.7 Å². The van der Waals surface area contributed by atoms with Gasteiger partial charge in [0.05, 0.1) is 12.6 Å². The third-order valence-electron chi connectivity index (χ3n) is 7.09. The van der Waals surface area contributed by atoms with Crippen molar-refractivity contribution in [2.45, 2.75) is 84.3 Å². The quantitative estimate of drug-likeness (QED) is 0.567. The van der Waals surface area contributed by atoms with E-state index in [0.717, 1.165) is 22.3 Å². The summed E-state index contributed by atoms with van der Waals surface area (Å²) in [6.45, 7) is 7.16. The molecule has 0 saturated heterocycles. The third kappa shape index (κ3) is 5.24. The second-order valence-electron chi connectivity index (χ2n) is 11.0. The fourth-order valence-electron chi connectivity index (χ4n) is 5.21. The van der Waals surface area contributed by atoms with Crippen LogP contribution in [0.15, 0.2) is 36.4 Å². The standard InChI is InChI=1S/C29H32N2O6/c1-29(2,3)37-28(35)30-14-19-8-7-18(13-20(19)15-30)17-36-26-6-4-5-22-23(26)16-31(27(22)34)24-11-9-21(32)10-12-25(24)33/h4-8,13,24H,9-12,14-17H2,1-3H3. The average molecular weight is 505 g/mol. The third-order valence-corrected chi connectivity index (χ3v) is 7.09. The van der Waals surface area contributed by atoms with Gasteiger partial charge >= 0.3 is 6.09 Å². The van der Waals surface area contributed by atoms with Gasteiger partial charge in [-0.15, -0.1) is 0 Å². The first kappa shape index (κ1) is 25.0. The summed E-state index contributed by atoms with van der Waals surface area (Å²) in [6, 6.07) is 10.9. The van der Waals surface area contributed by atoms with Crippen LogP contribution in [0.1, 0.15) is 79.1 Å². The Kier molecular flexibility index (Phi) is 6.52. The predicted molar refractivity (Wildman–Crippen MR) is 135 cm³/mol. The molecule has 5 rings (SSSR count). The Labute approximate surface area is 216 Å². The maximum absolute atomic E-state index is 13.2. The summed E-state index contributed by atoms with van der Waals surface area (Å²) in [5, 5.41) is 0. The first-order valence-corrected chi connectivity index (χ1v) is 12.8. The minimum atomic E-state index is -0.566. The highest BCUT2D eigenvalue weighted by molar-refractivity contribution is 6.02. The van der Waals surface area contributed by atoms with Crippen LogP contribution in [0, 0.1) is 0 Å². The maximum Gasteiger partial charge on any atom is 0.410 e. The molecule has 2 amide bonds. The number of amides is 2. The monoisotopic (exact) mass is 504 g/mol. The molecule has 8 nitrogen and oxygen atoms in total. The Hall–Kier alpha value is -3.68. The zero-order valence-corrected chi connectivity index (χ0v) is 21.5. The average Bonchev–Trinajstić information content (AvgIpc) is 3.37.